The first-order chi connectivity index (χ1) is 17.1. The van der Waals surface area contributed by atoms with E-state index in [1.807, 2.05) is 37.1 Å². The van der Waals surface area contributed by atoms with Gasteiger partial charge in [-0.2, -0.15) is 5.53 Å². The molecule has 0 spiro atoms. The number of methoxy groups -OCH3 is 2. The van der Waals surface area contributed by atoms with Gasteiger partial charge in [0.05, 0.1) is 37.0 Å². The predicted octanol–water partition coefficient (Wildman–Crippen LogP) is 3.42. The number of carbonyl (C=O) groups is 1. The maximum Gasteiger partial charge on any atom is 0.255 e. The number of aliphatic hydroxyl groups is 1. The van der Waals surface area contributed by atoms with Gasteiger partial charge in [-0.3, -0.25) is 9.80 Å². The molecule has 1 fully saturated rings. The third kappa shape index (κ3) is 6.81. The molecule has 3 atom stereocenters. The molecule has 3 unspecified atom stereocenters. The molecule has 36 heavy (non-hydrogen) atoms. The number of allylic oxidation sites excluding steroid dienone is 2. The molecule has 2 aliphatic rings. The van der Waals surface area contributed by atoms with Crippen LogP contribution in [0, 0.1) is 18.3 Å². The van der Waals surface area contributed by atoms with E-state index in [1.165, 1.54) is 0 Å². The number of hydrazine groups is 2. The summed E-state index contributed by atoms with van der Waals surface area (Å²) in [6.07, 6.45) is 1.96. The van der Waals surface area contributed by atoms with E-state index in [1.54, 1.807) is 26.0 Å². The Morgan fingerprint density at radius 2 is 2.08 bits per heavy atom. The Kier molecular flexibility index (Phi) is 9.85. The van der Waals surface area contributed by atoms with E-state index >= 15 is 0 Å². The number of carbonyl (C=O) groups excluding carboxylic acids is 1. The van der Waals surface area contributed by atoms with Crippen LogP contribution in [-0.4, -0.2) is 56.7 Å². The molecule has 1 heterocycles. The van der Waals surface area contributed by atoms with Crippen molar-refractivity contribution in [1.82, 2.24) is 16.3 Å². The third-order valence-corrected chi connectivity index (χ3v) is 7.38. The summed E-state index contributed by atoms with van der Waals surface area (Å²) in [4.78, 5) is 14.4. The molecule has 0 radical (unpaired) electrons. The number of ether oxygens (including phenoxy) is 3. The number of nitrogens with one attached hydrogen (secondary N) is 3. The zero-order chi connectivity index (χ0) is 26.5. The van der Waals surface area contributed by atoms with Crippen LogP contribution in [0.5, 0.6) is 0 Å². The molecule has 1 amide bonds. The Morgan fingerprint density at radius 3 is 2.72 bits per heavy atom. The molecule has 200 valence electrons. The second-order valence-electron chi connectivity index (χ2n) is 10.0. The Morgan fingerprint density at radius 1 is 1.33 bits per heavy atom. The van der Waals surface area contributed by atoms with E-state index in [0.717, 1.165) is 21.9 Å². The minimum absolute atomic E-state index is 0.0161. The first-order valence-corrected chi connectivity index (χ1v) is 13.2. The van der Waals surface area contributed by atoms with E-state index < -0.39 is 6.29 Å². The number of anilines is 1. The number of rotatable bonds is 10. The highest BCUT2D eigenvalue weighted by atomic mass is 32.2. The molecule has 1 aromatic rings. The summed E-state index contributed by atoms with van der Waals surface area (Å²) in [7, 11) is 3.29. The lowest BCUT2D eigenvalue weighted by Gasteiger charge is -2.34. The molecule has 0 saturated carbocycles. The van der Waals surface area contributed by atoms with Gasteiger partial charge >= 0.3 is 0 Å². The lowest BCUT2D eigenvalue weighted by atomic mass is 9.76. The van der Waals surface area contributed by atoms with Crippen LogP contribution in [-0.2, 0) is 14.2 Å². The molecule has 1 aliphatic heterocycles. The lowest BCUT2D eigenvalue weighted by Crippen LogP contribution is -2.42. The molecular weight excluding hydrogens is 480 g/mol. The molecule has 9 nitrogen and oxygen atoms in total. The first-order valence-electron chi connectivity index (χ1n) is 12.2. The SMILES string of the molecule is CCOC(O)C1CN(c2cc(C(=O)NC3=C(OC)C(SCOC)=CC(C(C)(C)C)C3)ccc2C)NN1. The van der Waals surface area contributed by atoms with Crippen LogP contribution >= 0.6 is 11.8 Å². The van der Waals surface area contributed by atoms with Crippen molar-refractivity contribution < 1.29 is 24.1 Å². The van der Waals surface area contributed by atoms with Gasteiger partial charge < -0.3 is 24.6 Å². The fourth-order valence-electron chi connectivity index (χ4n) is 4.21. The number of benzene rings is 1. The molecular formula is C26H40N4O5S. The van der Waals surface area contributed by atoms with Crippen LogP contribution in [0.25, 0.3) is 0 Å². The van der Waals surface area contributed by atoms with Gasteiger partial charge in [0.2, 0.25) is 0 Å². The van der Waals surface area contributed by atoms with Gasteiger partial charge in [-0.15, -0.1) is 0 Å². The third-order valence-electron chi connectivity index (χ3n) is 6.40. The minimum atomic E-state index is -0.931. The van der Waals surface area contributed by atoms with Crippen LogP contribution in [0.2, 0.25) is 0 Å². The highest BCUT2D eigenvalue weighted by molar-refractivity contribution is 8.03. The molecule has 1 aliphatic carbocycles. The quantitative estimate of drug-likeness (QED) is 0.346. The van der Waals surface area contributed by atoms with Crippen molar-refractivity contribution in [3.63, 3.8) is 0 Å². The lowest BCUT2D eigenvalue weighted by molar-refractivity contribution is -0.111. The summed E-state index contributed by atoms with van der Waals surface area (Å²) in [6, 6.07) is 5.28. The average molecular weight is 521 g/mol. The van der Waals surface area contributed by atoms with Crippen molar-refractivity contribution >= 4 is 23.4 Å². The molecule has 3 rings (SSSR count). The highest BCUT2D eigenvalue weighted by Crippen LogP contribution is 2.42. The van der Waals surface area contributed by atoms with E-state index in [0.29, 0.717) is 36.8 Å². The van der Waals surface area contributed by atoms with Crippen molar-refractivity contribution in [3.05, 3.63) is 51.8 Å². The summed E-state index contributed by atoms with van der Waals surface area (Å²) < 4.78 is 16.3. The number of hydrogen-bond donors (Lipinski definition) is 4. The summed E-state index contributed by atoms with van der Waals surface area (Å²) in [5, 5.41) is 15.2. The van der Waals surface area contributed by atoms with Gasteiger partial charge in [0.1, 0.15) is 0 Å². The molecule has 10 heteroatoms. The topological polar surface area (TPSA) is 104 Å². The molecule has 1 saturated heterocycles. The summed E-state index contributed by atoms with van der Waals surface area (Å²) in [5.41, 5.74) is 9.27. The standard InChI is InChI=1S/C26H40N4O5S/c1-8-35-25(32)20-14-30(29-28-20)21-11-17(10-9-16(21)2)24(31)27-19-12-18(26(3,4)5)13-22(23(19)34-7)36-15-33-6/h9-11,13,18,20,25,28-29,32H,8,12,14-15H2,1-7H3,(H,27,31). The van der Waals surface area contributed by atoms with Gasteiger partial charge in [-0.05, 0) is 49.3 Å². The number of aryl methyl sites for hydroxylation is 1. The Hall–Kier alpha value is -2.08. The second-order valence-corrected chi connectivity index (χ2v) is 11.0. The van der Waals surface area contributed by atoms with Crippen molar-refractivity contribution in [2.24, 2.45) is 11.3 Å². The number of thioether (sulfide) groups is 1. The van der Waals surface area contributed by atoms with Crippen molar-refractivity contribution in [2.45, 2.75) is 53.4 Å². The molecule has 1 aromatic carbocycles. The molecule has 0 aromatic heterocycles. The van der Waals surface area contributed by atoms with Gasteiger partial charge in [0, 0.05) is 24.2 Å². The summed E-state index contributed by atoms with van der Waals surface area (Å²) in [6.45, 7) is 11.3. The smallest absolute Gasteiger partial charge is 0.255 e. The highest BCUT2D eigenvalue weighted by Gasteiger charge is 2.33. The van der Waals surface area contributed by atoms with Gasteiger partial charge in [-0.25, -0.2) is 5.43 Å². The van der Waals surface area contributed by atoms with Gasteiger partial charge in [-0.1, -0.05) is 44.7 Å². The number of amides is 1. The van der Waals surface area contributed by atoms with E-state index in [4.69, 9.17) is 14.2 Å². The fraction of sp³-hybridized carbons (Fsp3) is 0.577. The maximum atomic E-state index is 13.4. The largest absolute Gasteiger partial charge is 0.494 e. The number of aliphatic hydroxyl groups excluding tert-OH is 1. The van der Waals surface area contributed by atoms with Crippen LogP contribution < -0.4 is 21.3 Å². The molecule has 4 N–H and O–H groups in total. The zero-order valence-corrected chi connectivity index (χ0v) is 23.1. The van der Waals surface area contributed by atoms with Gasteiger partial charge in [0.25, 0.3) is 5.91 Å². The van der Waals surface area contributed by atoms with Crippen molar-refractivity contribution in [2.75, 3.05) is 38.3 Å². The van der Waals surface area contributed by atoms with E-state index in [-0.39, 0.29) is 23.3 Å². The number of nitrogens with zero attached hydrogens (tertiary/aromatic N) is 1. The minimum Gasteiger partial charge on any atom is -0.494 e. The summed E-state index contributed by atoms with van der Waals surface area (Å²) >= 11 is 1.56. The summed E-state index contributed by atoms with van der Waals surface area (Å²) in [5.74, 6) is 1.20. The predicted molar refractivity (Wildman–Crippen MR) is 143 cm³/mol. The average Bonchev–Trinajstić information content (AvgIpc) is 3.32. The van der Waals surface area contributed by atoms with E-state index in [2.05, 4.69) is 43.1 Å². The van der Waals surface area contributed by atoms with Crippen LogP contribution in [0.15, 0.2) is 40.6 Å². The monoisotopic (exact) mass is 520 g/mol. The van der Waals surface area contributed by atoms with Crippen LogP contribution in [0.3, 0.4) is 0 Å². The molecule has 0 bridgehead atoms. The second kappa shape index (κ2) is 12.4. The van der Waals surface area contributed by atoms with Crippen LogP contribution in [0.1, 0.15) is 50.0 Å². The fourth-order valence-corrected chi connectivity index (χ4v) is 5.05. The zero-order valence-electron chi connectivity index (χ0n) is 22.3. The normalized spacial score (nSPS) is 21.4. The number of hydrogen-bond acceptors (Lipinski definition) is 9. The van der Waals surface area contributed by atoms with Gasteiger partial charge in [0.15, 0.2) is 12.0 Å². The van der Waals surface area contributed by atoms with E-state index in [9.17, 15) is 9.90 Å². The van der Waals surface area contributed by atoms with Crippen molar-refractivity contribution in [3.8, 4) is 0 Å². The Balaban J connectivity index is 1.82. The maximum absolute atomic E-state index is 13.4. The Bertz CT molecular complexity index is 991. The van der Waals surface area contributed by atoms with Crippen molar-refractivity contribution in [1.29, 1.82) is 0 Å². The van der Waals surface area contributed by atoms with Crippen LogP contribution in [0.4, 0.5) is 5.69 Å². The first kappa shape index (κ1) is 28.5. The Labute approximate surface area is 218 Å².